The lowest BCUT2D eigenvalue weighted by Gasteiger charge is -2.07. The van der Waals surface area contributed by atoms with Crippen molar-refractivity contribution < 1.29 is 27.6 Å². The number of nitro groups is 1. The largest absolute Gasteiger partial charge is 0.394 e. The van der Waals surface area contributed by atoms with Crippen LogP contribution in [-0.4, -0.2) is 44.8 Å². The predicted molar refractivity (Wildman–Crippen MR) is 66.1 cm³/mol. The van der Waals surface area contributed by atoms with Crippen LogP contribution in [0.5, 0.6) is 0 Å². The molecular formula is C10H13FN2O6S. The van der Waals surface area contributed by atoms with Gasteiger partial charge in [0.2, 0.25) is 10.0 Å². The molecule has 0 fully saturated rings. The molecule has 10 heteroatoms. The summed E-state index contributed by atoms with van der Waals surface area (Å²) in [5, 5.41) is 18.9. The molecule has 0 unspecified atom stereocenters. The summed E-state index contributed by atoms with van der Waals surface area (Å²) < 4.78 is 43.9. The van der Waals surface area contributed by atoms with Crippen molar-refractivity contribution in [1.29, 1.82) is 0 Å². The van der Waals surface area contributed by atoms with Crippen molar-refractivity contribution in [3.8, 4) is 0 Å². The van der Waals surface area contributed by atoms with Crippen LogP contribution in [-0.2, 0) is 14.8 Å². The highest BCUT2D eigenvalue weighted by atomic mass is 32.2. The first kappa shape index (κ1) is 16.4. The minimum Gasteiger partial charge on any atom is -0.394 e. The van der Waals surface area contributed by atoms with Crippen molar-refractivity contribution in [1.82, 2.24) is 4.72 Å². The zero-order valence-electron chi connectivity index (χ0n) is 10.3. The molecule has 0 spiro atoms. The fourth-order valence-electron chi connectivity index (χ4n) is 1.31. The number of aliphatic hydroxyl groups is 1. The molecule has 0 atom stereocenters. The molecule has 8 nitrogen and oxygen atoms in total. The fourth-order valence-corrected chi connectivity index (χ4v) is 2.38. The molecule has 0 aliphatic carbocycles. The standard InChI is InChI=1S/C10H13FN2O6S/c11-9-7-8(13(15)16)1-2-10(9)20(17,18)12-3-5-19-6-4-14/h1-2,7,12,14H,3-6H2. The van der Waals surface area contributed by atoms with Crippen LogP contribution in [0.3, 0.4) is 0 Å². The average Bonchev–Trinajstić information content (AvgIpc) is 2.37. The lowest BCUT2D eigenvalue weighted by Crippen LogP contribution is -2.28. The molecule has 1 rings (SSSR count). The van der Waals surface area contributed by atoms with E-state index in [1.807, 2.05) is 0 Å². The molecule has 0 bridgehead atoms. The van der Waals surface area contributed by atoms with Crippen LogP contribution in [0.15, 0.2) is 23.1 Å². The van der Waals surface area contributed by atoms with E-state index in [2.05, 4.69) is 4.72 Å². The van der Waals surface area contributed by atoms with Crippen molar-refractivity contribution in [3.05, 3.63) is 34.1 Å². The Morgan fingerprint density at radius 1 is 1.40 bits per heavy atom. The highest BCUT2D eigenvalue weighted by Gasteiger charge is 2.21. The number of hydrogen-bond donors (Lipinski definition) is 2. The van der Waals surface area contributed by atoms with E-state index >= 15 is 0 Å². The number of non-ortho nitro benzene ring substituents is 1. The SMILES string of the molecule is O=[N+]([O-])c1ccc(S(=O)(=O)NCCOCCO)c(F)c1. The minimum absolute atomic E-state index is 0.00832. The van der Waals surface area contributed by atoms with E-state index in [1.54, 1.807) is 0 Å². The van der Waals surface area contributed by atoms with Crippen molar-refractivity contribution in [3.63, 3.8) is 0 Å². The molecule has 2 N–H and O–H groups in total. The first-order valence-electron chi connectivity index (χ1n) is 5.50. The van der Waals surface area contributed by atoms with Crippen LogP contribution < -0.4 is 4.72 Å². The Morgan fingerprint density at radius 2 is 2.10 bits per heavy atom. The first-order valence-corrected chi connectivity index (χ1v) is 6.99. The predicted octanol–water partition coefficient (Wildman–Crippen LogP) is 0.0211. The van der Waals surface area contributed by atoms with Gasteiger partial charge in [0, 0.05) is 12.6 Å². The maximum absolute atomic E-state index is 13.5. The lowest BCUT2D eigenvalue weighted by molar-refractivity contribution is -0.385. The van der Waals surface area contributed by atoms with Gasteiger partial charge in [-0.05, 0) is 6.07 Å². The van der Waals surface area contributed by atoms with Gasteiger partial charge in [0.25, 0.3) is 5.69 Å². The number of nitro benzene ring substituents is 1. The lowest BCUT2D eigenvalue weighted by atomic mass is 10.3. The third-order valence-electron chi connectivity index (χ3n) is 2.19. The van der Waals surface area contributed by atoms with Gasteiger partial charge >= 0.3 is 0 Å². The Labute approximate surface area is 114 Å². The molecule has 0 aliphatic rings. The Kier molecular flexibility index (Phi) is 5.95. The second kappa shape index (κ2) is 7.24. The van der Waals surface area contributed by atoms with Crippen LogP contribution >= 0.6 is 0 Å². The quantitative estimate of drug-likeness (QED) is 0.397. The van der Waals surface area contributed by atoms with Crippen LogP contribution in [0.2, 0.25) is 0 Å². The molecule has 0 saturated carbocycles. The van der Waals surface area contributed by atoms with Gasteiger partial charge in [0.1, 0.15) is 10.7 Å². The molecule has 0 radical (unpaired) electrons. The Hall–Kier alpha value is -1.62. The van der Waals surface area contributed by atoms with E-state index in [1.165, 1.54) is 0 Å². The van der Waals surface area contributed by atoms with Gasteiger partial charge in [0.05, 0.1) is 30.8 Å². The summed E-state index contributed by atoms with van der Waals surface area (Å²) in [7, 11) is -4.11. The average molecular weight is 308 g/mol. The van der Waals surface area contributed by atoms with Gasteiger partial charge in [-0.3, -0.25) is 10.1 Å². The van der Waals surface area contributed by atoms with E-state index in [4.69, 9.17) is 9.84 Å². The number of benzene rings is 1. The van der Waals surface area contributed by atoms with Gasteiger partial charge in [-0.2, -0.15) is 0 Å². The van der Waals surface area contributed by atoms with Crippen molar-refractivity contribution in [2.75, 3.05) is 26.4 Å². The number of hydrogen-bond acceptors (Lipinski definition) is 6. The molecule has 0 saturated heterocycles. The van der Waals surface area contributed by atoms with E-state index < -0.39 is 31.3 Å². The van der Waals surface area contributed by atoms with E-state index in [9.17, 15) is 22.9 Å². The summed E-state index contributed by atoms with van der Waals surface area (Å²) in [6.07, 6.45) is 0. The van der Waals surface area contributed by atoms with Gasteiger partial charge in [0.15, 0.2) is 0 Å². The summed E-state index contributed by atoms with van der Waals surface area (Å²) >= 11 is 0. The van der Waals surface area contributed by atoms with Crippen LogP contribution in [0.4, 0.5) is 10.1 Å². The second-order valence-corrected chi connectivity index (χ2v) is 5.34. The Balaban J connectivity index is 2.75. The van der Waals surface area contributed by atoms with E-state index in [0.29, 0.717) is 6.07 Å². The van der Waals surface area contributed by atoms with Gasteiger partial charge in [-0.15, -0.1) is 0 Å². The number of nitrogens with one attached hydrogen (secondary N) is 1. The maximum atomic E-state index is 13.5. The number of sulfonamides is 1. The van der Waals surface area contributed by atoms with Gasteiger partial charge in [-0.25, -0.2) is 17.5 Å². The highest BCUT2D eigenvalue weighted by molar-refractivity contribution is 7.89. The molecule has 1 aromatic rings. The zero-order chi connectivity index (χ0) is 15.2. The summed E-state index contributed by atoms with van der Waals surface area (Å²) in [5.74, 6) is -1.21. The van der Waals surface area contributed by atoms with Crippen molar-refractivity contribution in [2.24, 2.45) is 0 Å². The normalized spacial score (nSPS) is 11.5. The van der Waals surface area contributed by atoms with Crippen LogP contribution in [0, 0.1) is 15.9 Å². The molecule has 20 heavy (non-hydrogen) atoms. The number of ether oxygens (including phenoxy) is 1. The highest BCUT2D eigenvalue weighted by Crippen LogP contribution is 2.20. The van der Waals surface area contributed by atoms with E-state index in [-0.39, 0.29) is 26.4 Å². The Bertz CT molecular complexity index is 577. The monoisotopic (exact) mass is 308 g/mol. The van der Waals surface area contributed by atoms with Crippen LogP contribution in [0.25, 0.3) is 0 Å². The van der Waals surface area contributed by atoms with Crippen molar-refractivity contribution in [2.45, 2.75) is 4.90 Å². The van der Waals surface area contributed by atoms with E-state index in [0.717, 1.165) is 12.1 Å². The summed E-state index contributed by atoms with van der Waals surface area (Å²) in [6.45, 7) is -0.232. The minimum atomic E-state index is -4.11. The summed E-state index contributed by atoms with van der Waals surface area (Å²) in [4.78, 5) is 8.92. The number of aliphatic hydroxyl groups excluding tert-OH is 1. The zero-order valence-corrected chi connectivity index (χ0v) is 11.1. The molecule has 112 valence electrons. The summed E-state index contributed by atoms with van der Waals surface area (Å²) in [5.41, 5.74) is -0.535. The van der Waals surface area contributed by atoms with Crippen molar-refractivity contribution >= 4 is 15.7 Å². The Morgan fingerprint density at radius 3 is 2.65 bits per heavy atom. The third-order valence-corrected chi connectivity index (χ3v) is 3.68. The van der Waals surface area contributed by atoms with Gasteiger partial charge in [-0.1, -0.05) is 0 Å². The first-order chi connectivity index (χ1) is 9.38. The molecule has 0 aliphatic heterocycles. The molecule has 0 amide bonds. The van der Waals surface area contributed by atoms with Gasteiger partial charge < -0.3 is 9.84 Å². The maximum Gasteiger partial charge on any atom is 0.272 e. The van der Waals surface area contributed by atoms with Crippen LogP contribution in [0.1, 0.15) is 0 Å². The molecular weight excluding hydrogens is 295 g/mol. The fraction of sp³-hybridized carbons (Fsp3) is 0.400. The third kappa shape index (κ3) is 4.49. The molecule has 0 heterocycles. The summed E-state index contributed by atoms with van der Waals surface area (Å²) in [6, 6.07) is 2.26. The smallest absolute Gasteiger partial charge is 0.272 e. The number of rotatable bonds is 8. The topological polar surface area (TPSA) is 119 Å². The number of halogens is 1. The molecule has 0 aromatic heterocycles. The second-order valence-electron chi connectivity index (χ2n) is 3.61. The molecule has 1 aromatic carbocycles. The number of nitrogens with zero attached hydrogens (tertiary/aromatic N) is 1.